The van der Waals surface area contributed by atoms with Crippen LogP contribution in [0.5, 0.6) is 0 Å². The summed E-state index contributed by atoms with van der Waals surface area (Å²) in [6.45, 7) is 2.03. The van der Waals surface area contributed by atoms with Crippen molar-refractivity contribution in [1.82, 2.24) is 9.97 Å². The molecule has 0 aliphatic carbocycles. The van der Waals surface area contributed by atoms with Crippen LogP contribution in [0, 0.1) is 3.57 Å². The van der Waals surface area contributed by atoms with Crippen molar-refractivity contribution in [2.75, 3.05) is 5.32 Å². The summed E-state index contributed by atoms with van der Waals surface area (Å²) >= 11 is 8.32. The van der Waals surface area contributed by atoms with Gasteiger partial charge < -0.3 is 5.32 Å². The molecule has 2 aromatic rings. The van der Waals surface area contributed by atoms with Crippen LogP contribution in [-0.2, 0) is 6.42 Å². The van der Waals surface area contributed by atoms with Gasteiger partial charge in [0.15, 0.2) is 0 Å². The Morgan fingerprint density at radius 1 is 1.29 bits per heavy atom. The Balaban J connectivity index is 2.37. The Morgan fingerprint density at radius 3 is 2.76 bits per heavy atom. The third-order valence-electron chi connectivity index (χ3n) is 2.37. The minimum atomic E-state index is 0.510. The Hall–Kier alpha value is -0.880. The topological polar surface area (TPSA) is 37.8 Å². The van der Waals surface area contributed by atoms with E-state index in [0.29, 0.717) is 5.15 Å². The van der Waals surface area contributed by atoms with E-state index in [9.17, 15) is 0 Å². The first kappa shape index (κ1) is 12.6. The molecule has 1 aromatic carbocycles. The van der Waals surface area contributed by atoms with Crippen molar-refractivity contribution in [1.29, 1.82) is 0 Å². The molecule has 2 rings (SSSR count). The fourth-order valence-electron chi connectivity index (χ4n) is 1.50. The van der Waals surface area contributed by atoms with Crippen LogP contribution in [-0.4, -0.2) is 9.97 Å². The van der Waals surface area contributed by atoms with Crippen LogP contribution >= 0.6 is 34.2 Å². The smallest absolute Gasteiger partial charge is 0.138 e. The van der Waals surface area contributed by atoms with E-state index >= 15 is 0 Å². The molecule has 1 N–H and O–H groups in total. The molecule has 17 heavy (non-hydrogen) atoms. The lowest BCUT2D eigenvalue weighted by molar-refractivity contribution is 1.05. The minimum absolute atomic E-state index is 0.510. The number of rotatable bonds is 3. The highest BCUT2D eigenvalue weighted by Gasteiger charge is 2.09. The highest BCUT2D eigenvalue weighted by atomic mass is 127. The van der Waals surface area contributed by atoms with Crippen molar-refractivity contribution in [2.24, 2.45) is 0 Å². The van der Waals surface area contributed by atoms with Crippen LogP contribution in [0.3, 0.4) is 0 Å². The Labute approximate surface area is 119 Å². The lowest BCUT2D eigenvalue weighted by Gasteiger charge is -2.11. The lowest BCUT2D eigenvalue weighted by atomic mass is 10.2. The second kappa shape index (κ2) is 5.64. The van der Waals surface area contributed by atoms with Gasteiger partial charge in [-0.05, 0) is 41.1 Å². The predicted molar refractivity (Wildman–Crippen MR) is 78.9 cm³/mol. The lowest BCUT2D eigenvalue weighted by Crippen LogP contribution is -2.01. The van der Waals surface area contributed by atoms with Crippen molar-refractivity contribution in [3.8, 4) is 0 Å². The average Bonchev–Trinajstić information content (AvgIpc) is 2.32. The van der Waals surface area contributed by atoms with Gasteiger partial charge in [-0.2, -0.15) is 0 Å². The van der Waals surface area contributed by atoms with E-state index in [1.807, 2.05) is 31.2 Å². The monoisotopic (exact) mass is 359 g/mol. The first-order valence-electron chi connectivity index (χ1n) is 5.23. The number of anilines is 2. The molecule has 0 aliphatic heterocycles. The maximum Gasteiger partial charge on any atom is 0.138 e. The first-order valence-corrected chi connectivity index (χ1v) is 6.69. The molecule has 0 amide bonds. The van der Waals surface area contributed by atoms with Crippen molar-refractivity contribution < 1.29 is 0 Å². The zero-order valence-corrected chi connectivity index (χ0v) is 12.2. The summed E-state index contributed by atoms with van der Waals surface area (Å²) in [5.74, 6) is 0.775. The maximum absolute atomic E-state index is 6.04. The van der Waals surface area contributed by atoms with Crippen molar-refractivity contribution >= 4 is 45.7 Å². The molecule has 0 bridgehead atoms. The van der Waals surface area contributed by atoms with Crippen LogP contribution in [0.4, 0.5) is 11.5 Å². The summed E-state index contributed by atoms with van der Waals surface area (Å²) in [5.41, 5.74) is 1.96. The van der Waals surface area contributed by atoms with Gasteiger partial charge in [0.2, 0.25) is 0 Å². The fraction of sp³-hybridized carbons (Fsp3) is 0.167. The second-order valence-electron chi connectivity index (χ2n) is 3.45. The van der Waals surface area contributed by atoms with E-state index in [2.05, 4.69) is 37.9 Å². The van der Waals surface area contributed by atoms with Crippen molar-refractivity contribution in [3.63, 3.8) is 0 Å². The normalized spacial score (nSPS) is 10.3. The van der Waals surface area contributed by atoms with Gasteiger partial charge in [0.25, 0.3) is 0 Å². The highest BCUT2D eigenvalue weighted by molar-refractivity contribution is 14.1. The number of halogens is 2. The summed E-state index contributed by atoms with van der Waals surface area (Å²) < 4.78 is 1.14. The van der Waals surface area contributed by atoms with Gasteiger partial charge in [-0.15, -0.1) is 0 Å². The molecule has 0 atom stereocenters. The number of benzene rings is 1. The van der Waals surface area contributed by atoms with E-state index in [1.54, 1.807) is 0 Å². The summed E-state index contributed by atoms with van der Waals surface area (Å²) in [6, 6.07) is 8.04. The Morgan fingerprint density at radius 2 is 2.06 bits per heavy atom. The van der Waals surface area contributed by atoms with Gasteiger partial charge in [-0.25, -0.2) is 9.97 Å². The summed E-state index contributed by atoms with van der Waals surface area (Å²) in [6.07, 6.45) is 2.27. The predicted octanol–water partition coefficient (Wildman–Crippen LogP) is 4.04. The van der Waals surface area contributed by atoms with E-state index in [0.717, 1.165) is 27.1 Å². The Kier molecular flexibility index (Phi) is 4.17. The third-order valence-corrected chi connectivity index (χ3v) is 3.64. The first-order chi connectivity index (χ1) is 8.22. The molecule has 3 nitrogen and oxygen atoms in total. The highest BCUT2D eigenvalue weighted by Crippen LogP contribution is 2.26. The molecule has 0 unspecified atom stereocenters. The number of nitrogens with one attached hydrogen (secondary N) is 1. The largest absolute Gasteiger partial charge is 0.339 e. The van der Waals surface area contributed by atoms with Gasteiger partial charge in [-0.3, -0.25) is 0 Å². The van der Waals surface area contributed by atoms with Crippen LogP contribution < -0.4 is 5.32 Å². The maximum atomic E-state index is 6.04. The number of hydrogen-bond acceptors (Lipinski definition) is 3. The minimum Gasteiger partial charge on any atom is -0.339 e. The van der Waals surface area contributed by atoms with Gasteiger partial charge >= 0.3 is 0 Å². The summed E-state index contributed by atoms with van der Waals surface area (Å²) in [5, 5.41) is 3.80. The van der Waals surface area contributed by atoms with Gasteiger partial charge in [-0.1, -0.05) is 30.7 Å². The van der Waals surface area contributed by atoms with E-state index < -0.39 is 0 Å². The molecule has 0 aliphatic rings. The number of para-hydroxylation sites is 1. The second-order valence-corrected chi connectivity index (χ2v) is 4.97. The van der Waals surface area contributed by atoms with Gasteiger partial charge in [0.05, 0.1) is 5.69 Å². The van der Waals surface area contributed by atoms with E-state index in [1.165, 1.54) is 6.33 Å². The quantitative estimate of drug-likeness (QED) is 0.664. The third kappa shape index (κ3) is 2.87. The molecule has 88 valence electrons. The Bertz CT molecular complexity index is 531. The molecular formula is C12H11ClIN3. The van der Waals surface area contributed by atoms with Gasteiger partial charge in [0.1, 0.15) is 17.3 Å². The van der Waals surface area contributed by atoms with Crippen LogP contribution in [0.2, 0.25) is 5.15 Å². The van der Waals surface area contributed by atoms with Crippen molar-refractivity contribution in [2.45, 2.75) is 13.3 Å². The molecule has 0 saturated carbocycles. The van der Waals surface area contributed by atoms with E-state index in [4.69, 9.17) is 11.6 Å². The fourth-order valence-corrected chi connectivity index (χ4v) is 2.29. The molecule has 0 fully saturated rings. The van der Waals surface area contributed by atoms with Crippen LogP contribution in [0.1, 0.15) is 12.5 Å². The number of aromatic nitrogens is 2. The molecular weight excluding hydrogens is 349 g/mol. The van der Waals surface area contributed by atoms with E-state index in [-0.39, 0.29) is 0 Å². The molecule has 0 spiro atoms. The molecule has 1 aromatic heterocycles. The van der Waals surface area contributed by atoms with Crippen LogP contribution in [0.15, 0.2) is 30.6 Å². The molecule has 0 saturated heterocycles. The number of hydrogen-bond donors (Lipinski definition) is 1. The zero-order valence-electron chi connectivity index (χ0n) is 9.24. The molecule has 5 heteroatoms. The zero-order chi connectivity index (χ0) is 12.3. The van der Waals surface area contributed by atoms with Crippen LogP contribution in [0.25, 0.3) is 0 Å². The SMILES string of the molecule is CCc1c(Cl)ncnc1Nc1ccccc1I. The molecule has 1 heterocycles. The van der Waals surface area contributed by atoms with Gasteiger partial charge in [0, 0.05) is 9.13 Å². The molecule has 0 radical (unpaired) electrons. The summed E-state index contributed by atoms with van der Waals surface area (Å²) in [4.78, 5) is 8.22. The summed E-state index contributed by atoms with van der Waals surface area (Å²) in [7, 11) is 0. The average molecular weight is 360 g/mol. The number of nitrogens with zero attached hydrogens (tertiary/aromatic N) is 2. The van der Waals surface area contributed by atoms with Crippen molar-refractivity contribution in [3.05, 3.63) is 44.9 Å². The standard InChI is InChI=1S/C12H11ClIN3/c1-2-8-11(13)15-7-16-12(8)17-10-6-4-3-5-9(10)14/h3-7H,2H2,1H3,(H,15,16,17).